The van der Waals surface area contributed by atoms with Gasteiger partial charge in [0.15, 0.2) is 0 Å². The van der Waals surface area contributed by atoms with Crippen molar-refractivity contribution >= 4 is 32.6 Å². The summed E-state index contributed by atoms with van der Waals surface area (Å²) in [5.41, 5.74) is 4.47. The minimum absolute atomic E-state index is 0.151. The number of nitrogens with zero attached hydrogens (tertiary/aromatic N) is 4. The van der Waals surface area contributed by atoms with Crippen molar-refractivity contribution in [1.29, 1.82) is 0 Å². The second-order valence-electron chi connectivity index (χ2n) is 7.03. The van der Waals surface area contributed by atoms with Crippen LogP contribution in [-0.2, 0) is 0 Å². The number of fused-ring (bicyclic) bond motifs is 2. The summed E-state index contributed by atoms with van der Waals surface area (Å²) in [5.74, 6) is 1.34. The van der Waals surface area contributed by atoms with Crippen LogP contribution in [0, 0.1) is 0 Å². The SMILES string of the molecule is O=c1[nH]c(-c2ccncc2)nc2sc(-c3ccc4nc(-c5ccncc5)[nH]c4c3)cc12. The smallest absolute Gasteiger partial charge is 0.259 e. The van der Waals surface area contributed by atoms with E-state index in [-0.39, 0.29) is 5.56 Å². The molecule has 0 bridgehead atoms. The third kappa shape index (κ3) is 3.10. The summed E-state index contributed by atoms with van der Waals surface area (Å²) in [6, 6.07) is 15.4. The van der Waals surface area contributed by atoms with Gasteiger partial charge in [-0.15, -0.1) is 11.3 Å². The van der Waals surface area contributed by atoms with Crippen LogP contribution in [0.3, 0.4) is 0 Å². The Labute approximate surface area is 179 Å². The Morgan fingerprint density at radius 1 is 0.710 bits per heavy atom. The molecule has 2 N–H and O–H groups in total. The van der Waals surface area contributed by atoms with E-state index in [1.165, 1.54) is 11.3 Å². The molecule has 5 aromatic heterocycles. The molecule has 0 unspecified atom stereocenters. The fourth-order valence-corrected chi connectivity index (χ4v) is 4.56. The number of aromatic nitrogens is 6. The maximum Gasteiger partial charge on any atom is 0.259 e. The van der Waals surface area contributed by atoms with Gasteiger partial charge >= 0.3 is 0 Å². The quantitative estimate of drug-likeness (QED) is 0.432. The molecule has 31 heavy (non-hydrogen) atoms. The molecule has 7 nitrogen and oxygen atoms in total. The largest absolute Gasteiger partial charge is 0.338 e. The molecule has 0 aliphatic rings. The molecule has 0 saturated carbocycles. The monoisotopic (exact) mass is 422 g/mol. The lowest BCUT2D eigenvalue weighted by molar-refractivity contribution is 1.18. The molecule has 6 aromatic rings. The van der Waals surface area contributed by atoms with Crippen LogP contribution in [0.4, 0.5) is 0 Å². The van der Waals surface area contributed by atoms with Crippen molar-refractivity contribution < 1.29 is 0 Å². The summed E-state index contributed by atoms with van der Waals surface area (Å²) in [6.07, 6.45) is 6.85. The van der Waals surface area contributed by atoms with Gasteiger partial charge < -0.3 is 9.97 Å². The molecule has 0 aliphatic heterocycles. The Kier molecular flexibility index (Phi) is 3.97. The van der Waals surface area contributed by atoms with Crippen LogP contribution in [0.5, 0.6) is 0 Å². The van der Waals surface area contributed by atoms with Crippen molar-refractivity contribution in [3.05, 3.63) is 83.7 Å². The lowest BCUT2D eigenvalue weighted by Gasteiger charge is -1.99. The topological polar surface area (TPSA) is 100 Å². The highest BCUT2D eigenvalue weighted by Crippen LogP contribution is 2.33. The molecule has 8 heteroatoms. The summed E-state index contributed by atoms with van der Waals surface area (Å²) < 4.78 is 0. The maximum absolute atomic E-state index is 12.7. The van der Waals surface area contributed by atoms with Gasteiger partial charge in [0.25, 0.3) is 5.56 Å². The molecule has 5 heterocycles. The highest BCUT2D eigenvalue weighted by Gasteiger charge is 2.13. The number of H-pyrrole nitrogens is 2. The minimum Gasteiger partial charge on any atom is -0.338 e. The summed E-state index contributed by atoms with van der Waals surface area (Å²) >= 11 is 1.50. The molecule has 0 fully saturated rings. The average molecular weight is 422 g/mol. The van der Waals surface area contributed by atoms with Crippen LogP contribution in [0.2, 0.25) is 0 Å². The van der Waals surface area contributed by atoms with Gasteiger partial charge in [-0.2, -0.15) is 0 Å². The van der Waals surface area contributed by atoms with Crippen LogP contribution in [-0.4, -0.2) is 29.9 Å². The standard InChI is InChI=1S/C23H14N6OS/c30-22-16-12-19(31-23(16)29-21(28-22)14-5-9-25-10-6-14)15-1-2-17-18(11-15)27-20(26-17)13-3-7-24-8-4-13/h1-12H,(H,26,27)(H,28,29,30). The minimum atomic E-state index is -0.151. The number of aromatic amines is 2. The Morgan fingerprint density at radius 3 is 2.10 bits per heavy atom. The zero-order valence-electron chi connectivity index (χ0n) is 16.0. The zero-order valence-corrected chi connectivity index (χ0v) is 16.9. The van der Waals surface area contributed by atoms with Crippen molar-refractivity contribution in [1.82, 2.24) is 29.9 Å². The molecule has 6 rings (SSSR count). The number of rotatable bonds is 3. The van der Waals surface area contributed by atoms with E-state index in [1.807, 2.05) is 42.5 Å². The molecule has 0 saturated heterocycles. The Bertz CT molecular complexity index is 1600. The van der Waals surface area contributed by atoms with E-state index in [0.717, 1.165) is 38.4 Å². The fraction of sp³-hybridized carbons (Fsp3) is 0. The molecule has 0 amide bonds. The predicted molar refractivity (Wildman–Crippen MR) is 122 cm³/mol. The van der Waals surface area contributed by atoms with E-state index in [9.17, 15) is 4.79 Å². The third-order valence-corrected chi connectivity index (χ3v) is 6.15. The Balaban J connectivity index is 1.44. The predicted octanol–water partition coefficient (Wildman–Crippen LogP) is 4.65. The summed E-state index contributed by atoms with van der Waals surface area (Å²) in [5, 5.41) is 0.583. The molecular weight excluding hydrogens is 408 g/mol. The summed E-state index contributed by atoms with van der Waals surface area (Å²) in [7, 11) is 0. The van der Waals surface area contributed by atoms with Gasteiger partial charge in [-0.05, 0) is 48.0 Å². The van der Waals surface area contributed by atoms with E-state index in [0.29, 0.717) is 16.0 Å². The third-order valence-electron chi connectivity index (χ3n) is 5.08. The van der Waals surface area contributed by atoms with Gasteiger partial charge in [-0.3, -0.25) is 14.8 Å². The van der Waals surface area contributed by atoms with Gasteiger partial charge in [-0.25, -0.2) is 9.97 Å². The number of hydrogen-bond acceptors (Lipinski definition) is 6. The summed E-state index contributed by atoms with van der Waals surface area (Å²) in [6.45, 7) is 0. The number of imidazole rings is 1. The first-order chi connectivity index (χ1) is 15.2. The van der Waals surface area contributed by atoms with Gasteiger partial charge in [-0.1, -0.05) is 6.07 Å². The van der Waals surface area contributed by atoms with Crippen molar-refractivity contribution in [2.45, 2.75) is 0 Å². The number of nitrogens with one attached hydrogen (secondary N) is 2. The molecule has 148 valence electrons. The fourth-order valence-electron chi connectivity index (χ4n) is 3.53. The van der Waals surface area contributed by atoms with E-state index in [2.05, 4.69) is 36.0 Å². The van der Waals surface area contributed by atoms with Crippen molar-refractivity contribution in [2.75, 3.05) is 0 Å². The number of hydrogen-bond donors (Lipinski definition) is 2. The summed E-state index contributed by atoms with van der Waals surface area (Å²) in [4.78, 5) is 38.0. The van der Waals surface area contributed by atoms with E-state index >= 15 is 0 Å². The lowest BCUT2D eigenvalue weighted by atomic mass is 10.1. The van der Waals surface area contributed by atoms with Gasteiger partial charge in [0, 0.05) is 40.8 Å². The van der Waals surface area contributed by atoms with Crippen LogP contribution in [0.15, 0.2) is 78.1 Å². The highest BCUT2D eigenvalue weighted by molar-refractivity contribution is 7.21. The lowest BCUT2D eigenvalue weighted by Crippen LogP contribution is -2.07. The number of pyridine rings is 2. The molecule has 0 radical (unpaired) electrons. The van der Waals surface area contributed by atoms with E-state index < -0.39 is 0 Å². The van der Waals surface area contributed by atoms with Gasteiger partial charge in [0.1, 0.15) is 16.5 Å². The first-order valence-electron chi connectivity index (χ1n) is 9.59. The second-order valence-corrected chi connectivity index (χ2v) is 8.06. The van der Waals surface area contributed by atoms with Crippen molar-refractivity contribution in [3.63, 3.8) is 0 Å². The van der Waals surface area contributed by atoms with Crippen molar-refractivity contribution in [2.24, 2.45) is 0 Å². The molecule has 0 aliphatic carbocycles. The van der Waals surface area contributed by atoms with Gasteiger partial charge in [0.05, 0.1) is 16.4 Å². The van der Waals surface area contributed by atoms with E-state index in [1.54, 1.807) is 24.8 Å². The zero-order chi connectivity index (χ0) is 20.8. The number of benzene rings is 1. The Hall–Kier alpha value is -4.17. The molecule has 1 aromatic carbocycles. The van der Waals surface area contributed by atoms with E-state index in [4.69, 9.17) is 0 Å². The normalized spacial score (nSPS) is 11.4. The van der Waals surface area contributed by atoms with Crippen LogP contribution < -0.4 is 5.56 Å². The van der Waals surface area contributed by atoms with Crippen LogP contribution >= 0.6 is 11.3 Å². The second kappa shape index (κ2) is 6.96. The van der Waals surface area contributed by atoms with Crippen LogP contribution in [0.25, 0.3) is 54.5 Å². The highest BCUT2D eigenvalue weighted by atomic mass is 32.1. The van der Waals surface area contributed by atoms with Crippen molar-refractivity contribution in [3.8, 4) is 33.2 Å². The first kappa shape index (κ1) is 17.7. The molecule has 0 atom stereocenters. The maximum atomic E-state index is 12.7. The van der Waals surface area contributed by atoms with Gasteiger partial charge in [0.2, 0.25) is 0 Å². The first-order valence-corrected chi connectivity index (χ1v) is 10.4. The van der Waals surface area contributed by atoms with Crippen LogP contribution in [0.1, 0.15) is 0 Å². The average Bonchev–Trinajstić information content (AvgIpc) is 3.44. The number of thiophene rings is 1. The molecular formula is C23H14N6OS. The Morgan fingerprint density at radius 2 is 1.39 bits per heavy atom. The molecule has 0 spiro atoms.